The predicted molar refractivity (Wildman–Crippen MR) is 115 cm³/mol. The van der Waals surface area contributed by atoms with E-state index < -0.39 is 12.9 Å². The minimum Gasteiger partial charge on any atom is -0.355 e. The Morgan fingerprint density at radius 3 is 2.80 bits per heavy atom. The molecule has 0 unspecified atom stereocenters. The number of aryl methyl sites for hydroxylation is 2. The predicted octanol–water partition coefficient (Wildman–Crippen LogP) is 2.21. The van der Waals surface area contributed by atoms with Crippen LogP contribution in [0.4, 0.5) is 17.2 Å². The molecule has 156 valence electrons. The molecule has 0 aliphatic heterocycles. The third-order valence-corrected chi connectivity index (χ3v) is 5.21. The van der Waals surface area contributed by atoms with Gasteiger partial charge >= 0.3 is 0 Å². The molecule has 0 spiro atoms. The van der Waals surface area contributed by atoms with Crippen LogP contribution in [0.25, 0.3) is 10.9 Å². The lowest BCUT2D eigenvalue weighted by Crippen LogP contribution is -2.24. The molecule has 1 saturated carbocycles. The van der Waals surface area contributed by atoms with E-state index in [-0.39, 0.29) is 34.5 Å². The fourth-order valence-electron chi connectivity index (χ4n) is 3.45. The number of aromatic nitrogens is 3. The van der Waals surface area contributed by atoms with E-state index in [1.165, 1.54) is 12.3 Å². The molecule has 1 fully saturated rings. The maximum atomic E-state index is 13.0. The Morgan fingerprint density at radius 2 is 2.10 bits per heavy atom. The average molecular weight is 411 g/mol. The molecule has 3 heterocycles. The van der Waals surface area contributed by atoms with E-state index in [1.807, 2.05) is 18.3 Å². The topological polar surface area (TPSA) is 110 Å². The number of nitrogens with zero attached hydrogens (tertiary/aromatic N) is 3. The fraction of sp³-hybridized carbons (Fsp3) is 0.333. The Kier molecular flexibility index (Phi) is 4.14. The van der Waals surface area contributed by atoms with Crippen molar-refractivity contribution in [1.82, 2.24) is 19.4 Å². The number of nitrogens with one attached hydrogen (secondary N) is 3. The van der Waals surface area contributed by atoms with Crippen LogP contribution in [0.5, 0.6) is 0 Å². The number of amides is 2. The third kappa shape index (κ3) is 3.42. The highest BCUT2D eigenvalue weighted by molar-refractivity contribution is 6.08. The van der Waals surface area contributed by atoms with Gasteiger partial charge < -0.3 is 25.1 Å². The van der Waals surface area contributed by atoms with Crippen molar-refractivity contribution in [3.05, 3.63) is 46.6 Å². The minimum atomic E-state index is -2.74. The highest BCUT2D eigenvalue weighted by atomic mass is 16.2. The summed E-state index contributed by atoms with van der Waals surface area (Å²) in [6.45, 7) is -0.392. The summed E-state index contributed by atoms with van der Waals surface area (Å²) >= 11 is 0. The van der Waals surface area contributed by atoms with Gasteiger partial charge in [-0.2, -0.15) is 0 Å². The Morgan fingerprint density at radius 1 is 1.30 bits per heavy atom. The first-order chi connectivity index (χ1) is 15.6. The molecule has 0 atom stereocenters. The van der Waals surface area contributed by atoms with Crippen LogP contribution < -0.4 is 21.5 Å². The Bertz CT molecular complexity index is 1310. The number of carbonyl (C=O) groups excluding carboxylic acids is 2. The van der Waals surface area contributed by atoms with E-state index >= 15 is 0 Å². The van der Waals surface area contributed by atoms with Crippen LogP contribution in [-0.2, 0) is 18.4 Å². The van der Waals surface area contributed by atoms with Crippen LogP contribution in [0.15, 0.2) is 35.5 Å². The van der Waals surface area contributed by atoms with E-state index in [9.17, 15) is 14.4 Å². The first-order valence-corrected chi connectivity index (χ1v) is 9.67. The van der Waals surface area contributed by atoms with Crippen LogP contribution >= 0.6 is 0 Å². The summed E-state index contributed by atoms with van der Waals surface area (Å²) in [7, 11) is 1.79. The normalized spacial score (nSPS) is 15.2. The number of pyridine rings is 2. The van der Waals surface area contributed by atoms with Crippen LogP contribution in [0, 0.1) is 5.92 Å². The van der Waals surface area contributed by atoms with Crippen LogP contribution in [0.1, 0.15) is 34.2 Å². The van der Waals surface area contributed by atoms with Crippen molar-refractivity contribution >= 4 is 39.9 Å². The maximum Gasteiger partial charge on any atom is 0.262 e. The molecule has 0 saturated heterocycles. The van der Waals surface area contributed by atoms with Gasteiger partial charge in [-0.1, -0.05) is 0 Å². The molecule has 0 bridgehead atoms. The highest BCUT2D eigenvalue weighted by Crippen LogP contribution is 2.33. The van der Waals surface area contributed by atoms with Gasteiger partial charge in [0.25, 0.3) is 11.5 Å². The van der Waals surface area contributed by atoms with E-state index in [1.54, 1.807) is 28.6 Å². The molecule has 3 aromatic heterocycles. The second-order valence-corrected chi connectivity index (χ2v) is 7.25. The summed E-state index contributed by atoms with van der Waals surface area (Å²) in [6.07, 6.45) is 6.31. The van der Waals surface area contributed by atoms with E-state index in [2.05, 4.69) is 15.6 Å². The van der Waals surface area contributed by atoms with Crippen molar-refractivity contribution < 1.29 is 13.7 Å². The molecular formula is C21H24N6O3. The van der Waals surface area contributed by atoms with E-state index in [4.69, 9.17) is 4.11 Å². The second kappa shape index (κ2) is 7.66. The van der Waals surface area contributed by atoms with Gasteiger partial charge in [-0.15, -0.1) is 0 Å². The summed E-state index contributed by atoms with van der Waals surface area (Å²) in [5.41, 5.74) is 0.997. The van der Waals surface area contributed by atoms with Crippen LogP contribution in [0.2, 0.25) is 0 Å². The lowest BCUT2D eigenvalue weighted by molar-refractivity contribution is -0.117. The van der Waals surface area contributed by atoms with Gasteiger partial charge in [0.05, 0.1) is 22.3 Å². The Hall–Kier alpha value is -3.62. The lowest BCUT2D eigenvalue weighted by Gasteiger charge is -2.15. The van der Waals surface area contributed by atoms with Gasteiger partial charge in [0.15, 0.2) is 0 Å². The summed E-state index contributed by atoms with van der Waals surface area (Å²) in [5, 5.41) is 8.09. The van der Waals surface area contributed by atoms with Gasteiger partial charge in [-0.25, -0.2) is 4.98 Å². The molecule has 3 aromatic rings. The number of hydrogen-bond acceptors (Lipinski definition) is 5. The van der Waals surface area contributed by atoms with E-state index in [0.29, 0.717) is 23.1 Å². The first kappa shape index (κ1) is 16.2. The number of anilines is 3. The zero-order chi connectivity index (χ0) is 23.9. The van der Waals surface area contributed by atoms with Crippen LogP contribution in [0.3, 0.4) is 0 Å². The van der Waals surface area contributed by atoms with Gasteiger partial charge in [0.2, 0.25) is 5.91 Å². The van der Waals surface area contributed by atoms with Crippen molar-refractivity contribution in [1.29, 1.82) is 0 Å². The number of rotatable bonds is 6. The number of carbonyl (C=O) groups is 2. The standard InChI is InChI=1S/C21H24N6O3/c1-4-27-10-8-15-16(21(27)30)14(11-26(15)3)24-13-7-9-23-18(17(13)20(29)22-2)25-19(28)12-5-6-12/h7-12H,4-6H2,1-3H3,(H,22,29)(H2,23,24,25,28)/i2D3. The van der Waals surface area contributed by atoms with Gasteiger partial charge in [-0.3, -0.25) is 14.4 Å². The van der Waals surface area contributed by atoms with Crippen molar-refractivity contribution in [3.63, 3.8) is 0 Å². The summed E-state index contributed by atoms with van der Waals surface area (Å²) < 4.78 is 25.5. The third-order valence-electron chi connectivity index (χ3n) is 5.21. The number of hydrogen-bond donors (Lipinski definition) is 3. The largest absolute Gasteiger partial charge is 0.355 e. The van der Waals surface area contributed by atoms with E-state index in [0.717, 1.165) is 12.8 Å². The summed E-state index contributed by atoms with van der Waals surface area (Å²) in [5.74, 6) is -1.40. The molecule has 9 nitrogen and oxygen atoms in total. The summed E-state index contributed by atoms with van der Waals surface area (Å²) in [6, 6.07) is 3.31. The van der Waals surface area contributed by atoms with Gasteiger partial charge in [0, 0.05) is 49.2 Å². The molecule has 9 heteroatoms. The minimum absolute atomic E-state index is 0.0511. The smallest absolute Gasteiger partial charge is 0.262 e. The monoisotopic (exact) mass is 411 g/mol. The Labute approximate surface area is 177 Å². The molecule has 2 amide bonds. The molecular weight excluding hydrogens is 384 g/mol. The molecule has 30 heavy (non-hydrogen) atoms. The van der Waals surface area contributed by atoms with Gasteiger partial charge in [-0.05, 0) is 31.9 Å². The zero-order valence-electron chi connectivity index (χ0n) is 19.7. The van der Waals surface area contributed by atoms with Crippen LogP contribution in [-0.4, -0.2) is 32.9 Å². The fourth-order valence-corrected chi connectivity index (χ4v) is 3.45. The SMILES string of the molecule is [2H]C([2H])([2H])NC(=O)c1c(Nc2cn(C)c3ccn(CC)c(=O)c23)ccnc1NC(=O)C1CC1. The van der Waals surface area contributed by atoms with Gasteiger partial charge in [0.1, 0.15) is 11.4 Å². The van der Waals surface area contributed by atoms with Crippen molar-refractivity contribution in [2.45, 2.75) is 26.3 Å². The maximum absolute atomic E-state index is 13.0. The van der Waals surface area contributed by atoms with Crippen molar-refractivity contribution in [3.8, 4) is 0 Å². The lowest BCUT2D eigenvalue weighted by atomic mass is 10.1. The number of fused-ring (bicyclic) bond motifs is 1. The summed E-state index contributed by atoms with van der Waals surface area (Å²) in [4.78, 5) is 42.3. The quantitative estimate of drug-likeness (QED) is 0.576. The molecule has 4 rings (SSSR count). The first-order valence-electron chi connectivity index (χ1n) is 11.2. The molecule has 1 aliphatic carbocycles. The van der Waals surface area contributed by atoms with Crippen molar-refractivity contribution in [2.75, 3.05) is 17.6 Å². The molecule has 3 N–H and O–H groups in total. The van der Waals surface area contributed by atoms with Crippen molar-refractivity contribution in [2.24, 2.45) is 13.0 Å². The molecule has 0 aromatic carbocycles. The second-order valence-electron chi connectivity index (χ2n) is 7.25. The molecule has 1 aliphatic rings. The average Bonchev–Trinajstić information content (AvgIpc) is 3.52. The zero-order valence-corrected chi connectivity index (χ0v) is 16.7. The highest BCUT2D eigenvalue weighted by Gasteiger charge is 2.31. The molecule has 0 radical (unpaired) electrons. The Balaban J connectivity index is 1.81.